The minimum Gasteiger partial charge on any atom is -0.476 e. The van der Waals surface area contributed by atoms with Gasteiger partial charge in [-0.3, -0.25) is 9.58 Å². The molecule has 17 heavy (non-hydrogen) atoms. The maximum atomic E-state index is 12.2. The van der Waals surface area contributed by atoms with Gasteiger partial charge in [-0.1, -0.05) is 0 Å². The standard InChI is InChI=1S/C9H10F3N3O2/c1-14-6-3-15(4-9(10,11)12)2-5(6)7(13-14)8(16)17/h2-4H2,1H3,(H,16,17). The Hall–Kier alpha value is -1.57. The van der Waals surface area contributed by atoms with Crippen LogP contribution in [0.5, 0.6) is 0 Å². The Morgan fingerprint density at radius 1 is 1.47 bits per heavy atom. The smallest absolute Gasteiger partial charge is 0.401 e. The molecule has 0 aromatic carbocycles. The topological polar surface area (TPSA) is 58.4 Å². The number of aromatic nitrogens is 2. The Kier molecular flexibility index (Phi) is 2.61. The second-order valence-corrected chi connectivity index (χ2v) is 3.96. The lowest BCUT2D eigenvalue weighted by Gasteiger charge is -2.17. The number of hydrogen-bond donors (Lipinski definition) is 1. The summed E-state index contributed by atoms with van der Waals surface area (Å²) in [6.07, 6.45) is -4.28. The summed E-state index contributed by atoms with van der Waals surface area (Å²) in [5.74, 6) is -1.21. The summed E-state index contributed by atoms with van der Waals surface area (Å²) < 4.78 is 38.0. The number of halogens is 3. The van der Waals surface area contributed by atoms with E-state index >= 15 is 0 Å². The van der Waals surface area contributed by atoms with Crippen molar-refractivity contribution in [2.75, 3.05) is 6.54 Å². The van der Waals surface area contributed by atoms with E-state index < -0.39 is 18.7 Å². The number of carboxylic acids is 1. The Labute approximate surface area is 94.4 Å². The van der Waals surface area contributed by atoms with Gasteiger partial charge in [-0.25, -0.2) is 4.79 Å². The zero-order valence-electron chi connectivity index (χ0n) is 8.95. The Balaban J connectivity index is 2.22. The average Bonchev–Trinajstić information content (AvgIpc) is 2.64. The number of hydrogen-bond acceptors (Lipinski definition) is 3. The van der Waals surface area contributed by atoms with Crippen molar-refractivity contribution in [3.05, 3.63) is 17.0 Å². The molecule has 0 saturated heterocycles. The van der Waals surface area contributed by atoms with E-state index in [-0.39, 0.29) is 18.8 Å². The minimum atomic E-state index is -4.28. The van der Waals surface area contributed by atoms with Crippen LogP contribution in [0.1, 0.15) is 21.7 Å². The van der Waals surface area contributed by atoms with Crippen LogP contribution in [0.15, 0.2) is 0 Å². The molecule has 0 spiro atoms. The number of rotatable bonds is 2. The Morgan fingerprint density at radius 2 is 2.12 bits per heavy atom. The molecule has 0 bridgehead atoms. The fourth-order valence-corrected chi connectivity index (χ4v) is 2.00. The van der Waals surface area contributed by atoms with Crippen LogP contribution >= 0.6 is 0 Å². The maximum absolute atomic E-state index is 12.2. The van der Waals surface area contributed by atoms with Crippen molar-refractivity contribution in [3.63, 3.8) is 0 Å². The van der Waals surface area contributed by atoms with E-state index in [1.165, 1.54) is 11.7 Å². The van der Waals surface area contributed by atoms with E-state index in [1.54, 1.807) is 0 Å². The lowest BCUT2D eigenvalue weighted by molar-refractivity contribution is -0.147. The summed E-state index contributed by atoms with van der Waals surface area (Å²) in [4.78, 5) is 12.0. The zero-order valence-corrected chi connectivity index (χ0v) is 8.95. The molecule has 1 N–H and O–H groups in total. The van der Waals surface area contributed by atoms with Gasteiger partial charge in [0.25, 0.3) is 0 Å². The number of carbonyl (C=O) groups is 1. The van der Waals surface area contributed by atoms with Crippen LogP contribution in [-0.4, -0.2) is 38.5 Å². The molecule has 2 heterocycles. The molecule has 94 valence electrons. The van der Waals surface area contributed by atoms with Crippen molar-refractivity contribution >= 4 is 5.97 Å². The van der Waals surface area contributed by atoms with E-state index in [9.17, 15) is 18.0 Å². The summed E-state index contributed by atoms with van der Waals surface area (Å²) in [6.45, 7) is -0.989. The fraction of sp³-hybridized carbons (Fsp3) is 0.556. The van der Waals surface area contributed by atoms with Gasteiger partial charge < -0.3 is 5.11 Å². The van der Waals surface area contributed by atoms with Gasteiger partial charge in [-0.15, -0.1) is 0 Å². The molecule has 1 aliphatic rings. The highest BCUT2D eigenvalue weighted by Gasteiger charge is 2.36. The van der Waals surface area contributed by atoms with Gasteiger partial charge in [0, 0.05) is 25.7 Å². The van der Waals surface area contributed by atoms with Crippen LogP contribution in [0.3, 0.4) is 0 Å². The van der Waals surface area contributed by atoms with E-state index in [0.717, 1.165) is 4.90 Å². The molecule has 5 nitrogen and oxygen atoms in total. The van der Waals surface area contributed by atoms with Crippen LogP contribution < -0.4 is 0 Å². The first kappa shape index (κ1) is 11.9. The molecule has 0 atom stereocenters. The van der Waals surface area contributed by atoms with Gasteiger partial charge in [0.2, 0.25) is 0 Å². The van der Waals surface area contributed by atoms with Crippen LogP contribution in [0.2, 0.25) is 0 Å². The molecule has 1 aromatic rings. The van der Waals surface area contributed by atoms with E-state index in [4.69, 9.17) is 5.11 Å². The van der Waals surface area contributed by atoms with Gasteiger partial charge in [0.15, 0.2) is 5.69 Å². The minimum absolute atomic E-state index is 0.0235. The predicted molar refractivity (Wildman–Crippen MR) is 50.3 cm³/mol. The van der Waals surface area contributed by atoms with Crippen LogP contribution in [0.25, 0.3) is 0 Å². The summed E-state index contributed by atoms with van der Waals surface area (Å²) >= 11 is 0. The third-order valence-corrected chi connectivity index (χ3v) is 2.64. The van der Waals surface area contributed by atoms with Crippen molar-refractivity contribution in [2.45, 2.75) is 19.3 Å². The number of alkyl halides is 3. The SMILES string of the molecule is Cn1nc(C(=O)O)c2c1CN(CC(F)(F)F)C2. The second-order valence-electron chi connectivity index (χ2n) is 3.96. The summed E-state index contributed by atoms with van der Waals surface area (Å²) in [5, 5.41) is 12.6. The molecular weight excluding hydrogens is 239 g/mol. The molecule has 0 amide bonds. The first-order chi connectivity index (χ1) is 7.78. The Morgan fingerprint density at radius 3 is 2.65 bits per heavy atom. The number of fused-ring (bicyclic) bond motifs is 1. The molecule has 1 aliphatic heterocycles. The van der Waals surface area contributed by atoms with Gasteiger partial charge in [-0.05, 0) is 0 Å². The second kappa shape index (κ2) is 3.73. The van der Waals surface area contributed by atoms with Crippen molar-refractivity contribution in [2.24, 2.45) is 7.05 Å². The zero-order chi connectivity index (χ0) is 12.8. The Bertz CT molecular complexity index is 467. The number of nitrogens with zero attached hydrogens (tertiary/aromatic N) is 3. The molecule has 0 saturated carbocycles. The predicted octanol–water partition coefficient (Wildman–Crippen LogP) is 0.996. The average molecular weight is 249 g/mol. The van der Waals surface area contributed by atoms with Crippen molar-refractivity contribution in [1.82, 2.24) is 14.7 Å². The summed E-state index contributed by atoms with van der Waals surface area (Å²) in [5.41, 5.74) is 0.753. The van der Waals surface area contributed by atoms with Crippen molar-refractivity contribution in [1.29, 1.82) is 0 Å². The third-order valence-electron chi connectivity index (χ3n) is 2.64. The van der Waals surface area contributed by atoms with Gasteiger partial charge in [0.1, 0.15) is 0 Å². The van der Waals surface area contributed by atoms with Crippen LogP contribution in [0.4, 0.5) is 13.2 Å². The largest absolute Gasteiger partial charge is 0.476 e. The molecule has 2 rings (SSSR count). The molecule has 1 aromatic heterocycles. The van der Waals surface area contributed by atoms with Crippen LogP contribution in [0, 0.1) is 0 Å². The number of aryl methyl sites for hydroxylation is 1. The highest BCUT2D eigenvalue weighted by molar-refractivity contribution is 5.87. The van der Waals surface area contributed by atoms with Gasteiger partial charge in [-0.2, -0.15) is 18.3 Å². The van der Waals surface area contributed by atoms with Crippen molar-refractivity contribution in [3.8, 4) is 0 Å². The van der Waals surface area contributed by atoms with E-state index in [0.29, 0.717) is 11.3 Å². The lowest BCUT2D eigenvalue weighted by Crippen LogP contribution is -2.30. The first-order valence-electron chi connectivity index (χ1n) is 4.85. The summed E-state index contributed by atoms with van der Waals surface area (Å²) in [6, 6.07) is 0. The molecule has 0 fully saturated rings. The third kappa shape index (κ3) is 2.26. The molecule has 8 heteroatoms. The first-order valence-corrected chi connectivity index (χ1v) is 4.85. The molecule has 0 radical (unpaired) electrons. The monoisotopic (exact) mass is 249 g/mol. The molecule has 0 aliphatic carbocycles. The fourth-order valence-electron chi connectivity index (χ4n) is 2.00. The molecular formula is C9H10F3N3O2. The number of aromatic carboxylic acids is 1. The van der Waals surface area contributed by atoms with Crippen molar-refractivity contribution < 1.29 is 23.1 Å². The van der Waals surface area contributed by atoms with Gasteiger partial charge in [0.05, 0.1) is 12.2 Å². The lowest BCUT2D eigenvalue weighted by atomic mass is 10.2. The summed E-state index contributed by atoms with van der Waals surface area (Å²) in [7, 11) is 1.53. The highest BCUT2D eigenvalue weighted by Crippen LogP contribution is 2.28. The van der Waals surface area contributed by atoms with E-state index in [2.05, 4.69) is 5.10 Å². The highest BCUT2D eigenvalue weighted by atomic mass is 19.4. The molecule has 0 unspecified atom stereocenters. The van der Waals surface area contributed by atoms with E-state index in [1.807, 2.05) is 0 Å². The number of carboxylic acid groups (broad SMARTS) is 1. The normalized spacial score (nSPS) is 16.2. The van der Waals surface area contributed by atoms with Gasteiger partial charge >= 0.3 is 12.1 Å². The maximum Gasteiger partial charge on any atom is 0.401 e. The van der Waals surface area contributed by atoms with Crippen LogP contribution in [-0.2, 0) is 20.1 Å². The quantitative estimate of drug-likeness (QED) is 0.849.